The molecule has 1 aliphatic carbocycles. The van der Waals surface area contributed by atoms with Crippen LogP contribution in [0.4, 0.5) is 10.5 Å². The molecule has 1 N–H and O–H groups in total. The van der Waals surface area contributed by atoms with Gasteiger partial charge in [-0.05, 0) is 54.7 Å². The highest BCUT2D eigenvalue weighted by Gasteiger charge is 2.55. The van der Waals surface area contributed by atoms with Crippen molar-refractivity contribution in [2.24, 2.45) is 0 Å². The first kappa shape index (κ1) is 20.1. The van der Waals surface area contributed by atoms with Crippen molar-refractivity contribution in [3.8, 4) is 0 Å². The first-order valence-corrected chi connectivity index (χ1v) is 10.4. The number of aromatic nitrogens is 1. The van der Waals surface area contributed by atoms with Gasteiger partial charge in [-0.3, -0.25) is 19.5 Å². The van der Waals surface area contributed by atoms with Crippen molar-refractivity contribution in [3.05, 3.63) is 59.9 Å². The van der Waals surface area contributed by atoms with E-state index < -0.39 is 5.54 Å². The van der Waals surface area contributed by atoms with E-state index in [0.717, 1.165) is 41.7 Å². The second-order valence-electron chi connectivity index (χ2n) is 8.10. The van der Waals surface area contributed by atoms with Gasteiger partial charge in [-0.2, -0.15) is 0 Å². The predicted octanol–water partition coefficient (Wildman–Crippen LogP) is 3.21. The fourth-order valence-corrected chi connectivity index (χ4v) is 4.46. The summed E-state index contributed by atoms with van der Waals surface area (Å²) in [5.74, 6) is -0.614. The molecule has 2 heterocycles. The highest BCUT2D eigenvalue weighted by atomic mass is 16.2. The van der Waals surface area contributed by atoms with Crippen molar-refractivity contribution in [1.82, 2.24) is 14.8 Å². The fraction of sp³-hybridized carbons (Fsp3) is 0.391. The molecule has 1 aliphatic heterocycles. The average Bonchev–Trinajstić information content (AvgIpc) is 2.93. The topological polar surface area (TPSA) is 82.6 Å². The Morgan fingerprint density at radius 1 is 1.00 bits per heavy atom. The summed E-state index contributed by atoms with van der Waals surface area (Å²) in [5, 5.41) is 2.79. The maximum atomic E-state index is 13.0. The smallest absolute Gasteiger partial charge is 0.325 e. The zero-order valence-electron chi connectivity index (χ0n) is 17.1. The third-order valence-corrected chi connectivity index (χ3v) is 6.18. The van der Waals surface area contributed by atoms with Crippen LogP contribution < -0.4 is 5.32 Å². The Morgan fingerprint density at radius 3 is 2.30 bits per heavy atom. The highest BCUT2D eigenvalue weighted by molar-refractivity contribution is 6.10. The van der Waals surface area contributed by atoms with Crippen molar-refractivity contribution in [1.29, 1.82) is 0 Å². The summed E-state index contributed by atoms with van der Waals surface area (Å²) in [6.45, 7) is -0.261. The largest absolute Gasteiger partial charge is 0.327 e. The normalized spacial score (nSPS) is 18.2. The number of carbonyl (C=O) groups excluding carboxylic acids is 3. The Bertz CT molecular complexity index is 937. The minimum Gasteiger partial charge on any atom is -0.325 e. The molecule has 1 saturated heterocycles. The Kier molecular flexibility index (Phi) is 5.53. The maximum Gasteiger partial charge on any atom is 0.327 e. The molecule has 0 bridgehead atoms. The molecule has 2 aliphatic rings. The van der Waals surface area contributed by atoms with Gasteiger partial charge in [0.1, 0.15) is 12.1 Å². The van der Waals surface area contributed by atoms with E-state index in [1.165, 1.54) is 4.90 Å². The highest BCUT2D eigenvalue weighted by Crippen LogP contribution is 2.39. The van der Waals surface area contributed by atoms with Crippen molar-refractivity contribution in [2.75, 3.05) is 18.9 Å². The molecular formula is C23H26N4O3. The van der Waals surface area contributed by atoms with E-state index in [0.29, 0.717) is 18.5 Å². The number of rotatable bonds is 5. The molecule has 4 amide bonds. The summed E-state index contributed by atoms with van der Waals surface area (Å²) >= 11 is 0. The number of nitrogens with zero attached hydrogens (tertiary/aromatic N) is 3. The molecule has 2 fully saturated rings. The second-order valence-corrected chi connectivity index (χ2v) is 8.10. The zero-order valence-corrected chi connectivity index (χ0v) is 17.1. The van der Waals surface area contributed by atoms with Gasteiger partial charge < -0.3 is 10.2 Å². The molecule has 7 heteroatoms. The number of hydrogen-bond donors (Lipinski definition) is 1. The van der Waals surface area contributed by atoms with Crippen molar-refractivity contribution >= 4 is 23.5 Å². The van der Waals surface area contributed by atoms with Crippen molar-refractivity contribution in [3.63, 3.8) is 0 Å². The van der Waals surface area contributed by atoms with Crippen LogP contribution in [0.2, 0.25) is 0 Å². The Labute approximate surface area is 176 Å². The molecule has 1 saturated carbocycles. The van der Waals surface area contributed by atoms with Crippen LogP contribution in [-0.4, -0.2) is 51.8 Å². The minimum absolute atomic E-state index is 0.238. The molecule has 4 rings (SSSR count). The quantitative estimate of drug-likeness (QED) is 0.773. The summed E-state index contributed by atoms with van der Waals surface area (Å²) in [4.78, 5) is 44.8. The number of urea groups is 1. The van der Waals surface area contributed by atoms with Crippen LogP contribution in [0.1, 0.15) is 43.2 Å². The molecule has 0 unspecified atom stereocenters. The van der Waals surface area contributed by atoms with Crippen LogP contribution in [0.15, 0.2) is 48.8 Å². The Balaban J connectivity index is 1.37. The Hall–Kier alpha value is -3.22. The summed E-state index contributed by atoms with van der Waals surface area (Å²) in [5.41, 5.74) is 2.15. The van der Waals surface area contributed by atoms with Gasteiger partial charge in [-0.1, -0.05) is 31.4 Å². The lowest BCUT2D eigenvalue weighted by Crippen LogP contribution is -2.49. The molecule has 30 heavy (non-hydrogen) atoms. The number of anilines is 1. The number of nitrogens with one attached hydrogen (secondary N) is 1. The molecule has 156 valence electrons. The summed E-state index contributed by atoms with van der Waals surface area (Å²) in [6, 6.07) is 11.1. The van der Waals surface area contributed by atoms with Crippen LogP contribution in [0, 0.1) is 0 Å². The van der Waals surface area contributed by atoms with Crippen LogP contribution in [0.25, 0.3) is 0 Å². The SMILES string of the molecule is CN1C(=O)N(CC(=O)Nc2ccc(Cc3ccncc3)cc2)C(=O)C12CCCCC2. The predicted molar refractivity (Wildman–Crippen MR) is 113 cm³/mol. The van der Waals surface area contributed by atoms with E-state index in [-0.39, 0.29) is 24.4 Å². The molecule has 1 aromatic heterocycles. The third-order valence-electron chi connectivity index (χ3n) is 6.18. The van der Waals surface area contributed by atoms with Gasteiger partial charge in [0.25, 0.3) is 5.91 Å². The van der Waals surface area contributed by atoms with Crippen LogP contribution in [-0.2, 0) is 16.0 Å². The summed E-state index contributed by atoms with van der Waals surface area (Å²) in [7, 11) is 1.67. The first-order valence-electron chi connectivity index (χ1n) is 10.4. The fourth-order valence-electron chi connectivity index (χ4n) is 4.46. The lowest BCUT2D eigenvalue weighted by Gasteiger charge is -2.35. The van der Waals surface area contributed by atoms with Gasteiger partial charge in [-0.25, -0.2) is 4.79 Å². The molecular weight excluding hydrogens is 380 g/mol. The summed E-state index contributed by atoms with van der Waals surface area (Å²) in [6.07, 6.45) is 8.58. The van der Waals surface area contributed by atoms with Crippen LogP contribution >= 0.6 is 0 Å². The lowest BCUT2D eigenvalue weighted by molar-refractivity contribution is -0.136. The molecule has 0 radical (unpaired) electrons. The van der Waals surface area contributed by atoms with E-state index in [1.54, 1.807) is 19.4 Å². The number of amides is 4. The number of pyridine rings is 1. The number of benzene rings is 1. The minimum atomic E-state index is -0.760. The Morgan fingerprint density at radius 2 is 1.63 bits per heavy atom. The lowest BCUT2D eigenvalue weighted by atomic mass is 9.81. The molecule has 7 nitrogen and oxygen atoms in total. The average molecular weight is 406 g/mol. The molecule has 1 aromatic carbocycles. The maximum absolute atomic E-state index is 13.0. The number of carbonyl (C=O) groups is 3. The zero-order chi connectivity index (χ0) is 21.1. The van der Waals surface area contributed by atoms with Gasteiger partial charge in [0.15, 0.2) is 0 Å². The summed E-state index contributed by atoms with van der Waals surface area (Å²) < 4.78 is 0. The van der Waals surface area contributed by atoms with Gasteiger partial charge in [0, 0.05) is 25.1 Å². The van der Waals surface area contributed by atoms with E-state index in [1.807, 2.05) is 36.4 Å². The van der Waals surface area contributed by atoms with Crippen molar-refractivity contribution in [2.45, 2.75) is 44.1 Å². The van der Waals surface area contributed by atoms with E-state index in [2.05, 4.69) is 10.3 Å². The van der Waals surface area contributed by atoms with Gasteiger partial charge in [0.05, 0.1) is 0 Å². The van der Waals surface area contributed by atoms with Gasteiger partial charge >= 0.3 is 6.03 Å². The monoisotopic (exact) mass is 406 g/mol. The molecule has 1 spiro atoms. The second kappa shape index (κ2) is 8.26. The molecule has 2 aromatic rings. The van der Waals surface area contributed by atoms with Gasteiger partial charge in [0.2, 0.25) is 5.91 Å². The standard InChI is InChI=1S/C23H26N4O3/c1-26-22(30)27(21(29)23(26)11-3-2-4-12-23)16-20(28)25-19-7-5-17(6-8-19)15-18-9-13-24-14-10-18/h5-10,13-14H,2-4,11-12,15-16H2,1H3,(H,25,28). The van der Waals surface area contributed by atoms with Crippen LogP contribution in [0.3, 0.4) is 0 Å². The van der Waals surface area contributed by atoms with Gasteiger partial charge in [-0.15, -0.1) is 0 Å². The molecule has 0 atom stereocenters. The number of imide groups is 1. The number of hydrogen-bond acceptors (Lipinski definition) is 4. The number of likely N-dealkylation sites (N-methyl/N-ethyl adjacent to an activating group) is 1. The first-order chi connectivity index (χ1) is 14.5. The van der Waals surface area contributed by atoms with E-state index >= 15 is 0 Å². The van der Waals surface area contributed by atoms with E-state index in [4.69, 9.17) is 0 Å². The van der Waals surface area contributed by atoms with Crippen LogP contribution in [0.5, 0.6) is 0 Å². The van der Waals surface area contributed by atoms with Crippen molar-refractivity contribution < 1.29 is 14.4 Å². The third kappa shape index (κ3) is 3.79. The van der Waals surface area contributed by atoms with E-state index in [9.17, 15) is 14.4 Å².